The number of aliphatic hydroxyl groups excluding tert-OH is 1. The minimum Gasteiger partial charge on any atom is -0.496 e. The van der Waals surface area contributed by atoms with Crippen LogP contribution < -0.4 is 10.5 Å². The molecule has 2 atom stereocenters. The first-order valence-corrected chi connectivity index (χ1v) is 7.21. The lowest BCUT2D eigenvalue weighted by atomic mass is 9.81. The third-order valence-electron chi connectivity index (χ3n) is 4.30. The van der Waals surface area contributed by atoms with Crippen LogP contribution >= 0.6 is 12.4 Å². The quantitative estimate of drug-likeness (QED) is 0.896. The molecule has 1 aliphatic rings. The monoisotopic (exact) mass is 299 g/mol. The van der Waals surface area contributed by atoms with Crippen molar-refractivity contribution >= 4 is 12.4 Å². The summed E-state index contributed by atoms with van der Waals surface area (Å²) < 4.78 is 5.25. The number of nitrogens with two attached hydrogens (primary N) is 1. The van der Waals surface area contributed by atoms with Crippen LogP contribution in [0.4, 0.5) is 0 Å². The van der Waals surface area contributed by atoms with Crippen molar-refractivity contribution < 1.29 is 9.84 Å². The maximum absolute atomic E-state index is 10.5. The molecule has 2 rings (SSSR count). The second-order valence-electron chi connectivity index (χ2n) is 5.64. The summed E-state index contributed by atoms with van der Waals surface area (Å²) in [6.45, 7) is 2.00. The summed E-state index contributed by atoms with van der Waals surface area (Å²) in [4.78, 5) is 0. The molecule has 1 aliphatic carbocycles. The molecule has 4 heteroatoms. The second kappa shape index (κ2) is 7.87. The summed E-state index contributed by atoms with van der Waals surface area (Å²) in [5, 5.41) is 10.5. The average Bonchev–Trinajstić information content (AvgIpc) is 2.46. The van der Waals surface area contributed by atoms with Gasteiger partial charge >= 0.3 is 0 Å². The van der Waals surface area contributed by atoms with E-state index >= 15 is 0 Å². The number of methoxy groups -OCH3 is 1. The Morgan fingerprint density at radius 1 is 1.25 bits per heavy atom. The fourth-order valence-electron chi connectivity index (χ4n) is 3.08. The first-order chi connectivity index (χ1) is 9.13. The molecule has 3 N–H and O–H groups in total. The van der Waals surface area contributed by atoms with Crippen molar-refractivity contribution in [2.24, 2.45) is 11.7 Å². The molecule has 20 heavy (non-hydrogen) atoms. The fourth-order valence-corrected chi connectivity index (χ4v) is 3.08. The topological polar surface area (TPSA) is 55.5 Å². The van der Waals surface area contributed by atoms with Gasteiger partial charge in [-0.15, -0.1) is 12.4 Å². The van der Waals surface area contributed by atoms with Gasteiger partial charge in [0.1, 0.15) is 5.75 Å². The van der Waals surface area contributed by atoms with Crippen LogP contribution in [-0.4, -0.2) is 18.3 Å². The van der Waals surface area contributed by atoms with E-state index in [-0.39, 0.29) is 18.4 Å². The molecule has 0 heterocycles. The minimum atomic E-state index is -0.437. The van der Waals surface area contributed by atoms with E-state index < -0.39 is 6.10 Å². The predicted octanol–water partition coefficient (Wildman–Crippen LogP) is 3.37. The summed E-state index contributed by atoms with van der Waals surface area (Å²) in [6, 6.07) is 5.61. The Bertz CT molecular complexity index is 419. The van der Waals surface area contributed by atoms with E-state index in [0.29, 0.717) is 5.92 Å². The van der Waals surface area contributed by atoms with Gasteiger partial charge in [-0.1, -0.05) is 31.4 Å². The Balaban J connectivity index is 0.00000200. The van der Waals surface area contributed by atoms with Gasteiger partial charge in [0, 0.05) is 0 Å². The van der Waals surface area contributed by atoms with Crippen molar-refractivity contribution in [1.29, 1.82) is 0 Å². The van der Waals surface area contributed by atoms with Gasteiger partial charge in [-0.25, -0.2) is 0 Å². The average molecular weight is 300 g/mol. The number of hydrogen-bond acceptors (Lipinski definition) is 3. The maximum Gasteiger partial charge on any atom is 0.121 e. The van der Waals surface area contributed by atoms with Crippen molar-refractivity contribution in [2.45, 2.75) is 51.2 Å². The van der Waals surface area contributed by atoms with E-state index in [1.165, 1.54) is 19.3 Å². The molecule has 0 aliphatic heterocycles. The Kier molecular flexibility index (Phi) is 6.80. The zero-order valence-electron chi connectivity index (χ0n) is 12.3. The van der Waals surface area contributed by atoms with Gasteiger partial charge in [0.15, 0.2) is 0 Å². The number of aryl methyl sites for hydroxylation is 1. The number of hydrogen-bond donors (Lipinski definition) is 2. The maximum atomic E-state index is 10.5. The van der Waals surface area contributed by atoms with Crippen LogP contribution in [0.15, 0.2) is 18.2 Å². The largest absolute Gasteiger partial charge is 0.496 e. The molecule has 1 aromatic rings. The second-order valence-corrected chi connectivity index (χ2v) is 5.64. The lowest BCUT2D eigenvalue weighted by Crippen LogP contribution is -2.34. The molecular formula is C16H26ClNO2. The molecule has 0 radical (unpaired) electrons. The molecule has 114 valence electrons. The highest BCUT2D eigenvalue weighted by molar-refractivity contribution is 5.85. The van der Waals surface area contributed by atoms with Crippen molar-refractivity contribution in [3.63, 3.8) is 0 Å². The van der Waals surface area contributed by atoms with Crippen molar-refractivity contribution in [3.05, 3.63) is 29.3 Å². The third-order valence-corrected chi connectivity index (χ3v) is 4.30. The highest BCUT2D eigenvalue weighted by atomic mass is 35.5. The van der Waals surface area contributed by atoms with Gasteiger partial charge in [0.05, 0.1) is 19.3 Å². The van der Waals surface area contributed by atoms with Crippen LogP contribution in [0.25, 0.3) is 0 Å². The van der Waals surface area contributed by atoms with Gasteiger partial charge in [0.2, 0.25) is 0 Å². The molecule has 0 amide bonds. The van der Waals surface area contributed by atoms with E-state index in [9.17, 15) is 5.11 Å². The molecule has 1 fully saturated rings. The summed E-state index contributed by atoms with van der Waals surface area (Å²) in [5.74, 6) is 1.22. The zero-order chi connectivity index (χ0) is 13.8. The third kappa shape index (κ3) is 3.87. The summed E-state index contributed by atoms with van der Waals surface area (Å²) >= 11 is 0. The smallest absolute Gasteiger partial charge is 0.121 e. The summed E-state index contributed by atoms with van der Waals surface area (Å²) in [7, 11) is 1.67. The highest BCUT2D eigenvalue weighted by Crippen LogP contribution is 2.32. The van der Waals surface area contributed by atoms with Crippen LogP contribution in [0, 0.1) is 12.8 Å². The molecule has 0 saturated heterocycles. The van der Waals surface area contributed by atoms with Crippen LogP contribution in [-0.2, 0) is 0 Å². The Labute approximate surface area is 127 Å². The highest BCUT2D eigenvalue weighted by Gasteiger charge is 2.27. The number of halogens is 1. The molecule has 0 unspecified atom stereocenters. The van der Waals surface area contributed by atoms with Gasteiger partial charge in [-0.2, -0.15) is 0 Å². The Morgan fingerprint density at radius 2 is 1.90 bits per heavy atom. The molecular weight excluding hydrogens is 274 g/mol. The molecule has 1 aromatic carbocycles. The molecule has 3 nitrogen and oxygen atoms in total. The number of ether oxygens (including phenoxy) is 1. The zero-order valence-corrected chi connectivity index (χ0v) is 13.2. The van der Waals surface area contributed by atoms with Crippen molar-refractivity contribution in [2.75, 3.05) is 7.11 Å². The normalized spacial score (nSPS) is 19.0. The lowest BCUT2D eigenvalue weighted by molar-refractivity contribution is 0.0618. The lowest BCUT2D eigenvalue weighted by Gasteiger charge is -2.30. The van der Waals surface area contributed by atoms with E-state index in [0.717, 1.165) is 29.7 Å². The predicted molar refractivity (Wildman–Crippen MR) is 84.5 cm³/mol. The van der Waals surface area contributed by atoms with Gasteiger partial charge < -0.3 is 15.6 Å². The van der Waals surface area contributed by atoms with Gasteiger partial charge in [-0.3, -0.25) is 0 Å². The van der Waals surface area contributed by atoms with Crippen molar-refractivity contribution in [3.8, 4) is 5.75 Å². The molecule has 0 bridgehead atoms. The van der Waals surface area contributed by atoms with Crippen LogP contribution in [0.3, 0.4) is 0 Å². The molecule has 0 spiro atoms. The molecule has 1 saturated carbocycles. The fraction of sp³-hybridized carbons (Fsp3) is 0.625. The summed E-state index contributed by atoms with van der Waals surface area (Å²) in [5.41, 5.74) is 8.30. The van der Waals surface area contributed by atoms with E-state index in [2.05, 4.69) is 0 Å². The standard InChI is InChI=1S/C16H25NO2.ClH/c1-11-10-13(8-9-14(11)19-2)15(17)16(18)12-6-4-3-5-7-12;/h8-10,12,15-16,18H,3-7,17H2,1-2H3;1H/t15-,16+;/m1./s1. The number of benzene rings is 1. The molecule has 0 aromatic heterocycles. The van der Waals surface area contributed by atoms with Gasteiger partial charge in [-0.05, 0) is 42.9 Å². The Hall–Kier alpha value is -0.770. The van der Waals surface area contributed by atoms with Crippen LogP contribution in [0.1, 0.15) is 49.3 Å². The number of rotatable bonds is 4. The first kappa shape index (κ1) is 17.3. The summed E-state index contributed by atoms with van der Waals surface area (Å²) in [6.07, 6.45) is 5.49. The van der Waals surface area contributed by atoms with Crippen molar-refractivity contribution in [1.82, 2.24) is 0 Å². The minimum absolute atomic E-state index is 0. The first-order valence-electron chi connectivity index (χ1n) is 7.21. The SMILES string of the molecule is COc1ccc([C@@H](N)[C@@H](O)C2CCCCC2)cc1C.Cl. The van der Waals surface area contributed by atoms with E-state index in [1.807, 2.05) is 25.1 Å². The van der Waals surface area contributed by atoms with Crippen LogP contribution in [0.2, 0.25) is 0 Å². The Morgan fingerprint density at radius 3 is 2.45 bits per heavy atom. The van der Waals surface area contributed by atoms with E-state index in [1.54, 1.807) is 7.11 Å². The van der Waals surface area contributed by atoms with E-state index in [4.69, 9.17) is 10.5 Å². The number of aliphatic hydroxyl groups is 1. The van der Waals surface area contributed by atoms with Gasteiger partial charge in [0.25, 0.3) is 0 Å². The van der Waals surface area contributed by atoms with Crippen LogP contribution in [0.5, 0.6) is 5.75 Å².